The maximum atomic E-state index is 12.7. The quantitative estimate of drug-likeness (QED) is 0.803. The van der Waals surface area contributed by atoms with Gasteiger partial charge in [0.05, 0.1) is 10.5 Å². The second kappa shape index (κ2) is 5.69. The van der Waals surface area contributed by atoms with E-state index in [1.54, 1.807) is 0 Å². The summed E-state index contributed by atoms with van der Waals surface area (Å²) in [6, 6.07) is 7.59. The molecule has 0 N–H and O–H groups in total. The van der Waals surface area contributed by atoms with Crippen LogP contribution in [0.5, 0.6) is 0 Å². The number of rotatable bonds is 3. The number of ketones is 1. The van der Waals surface area contributed by atoms with E-state index in [0.717, 1.165) is 24.9 Å². The van der Waals surface area contributed by atoms with Crippen LogP contribution in [0.25, 0.3) is 0 Å². The lowest BCUT2D eigenvalue weighted by Crippen LogP contribution is -2.45. The minimum Gasteiger partial charge on any atom is -0.378 e. The van der Waals surface area contributed by atoms with Crippen LogP contribution < -0.4 is 4.90 Å². The first kappa shape index (κ1) is 15.5. The molecular weight excluding hydrogens is 298 g/mol. The van der Waals surface area contributed by atoms with Crippen molar-refractivity contribution < 1.29 is 13.2 Å². The topological polar surface area (TPSA) is 54.5 Å². The van der Waals surface area contributed by atoms with E-state index in [9.17, 15) is 13.2 Å². The lowest BCUT2D eigenvalue weighted by Gasteiger charge is -2.38. The van der Waals surface area contributed by atoms with Crippen molar-refractivity contribution in [2.24, 2.45) is 5.92 Å². The predicted octanol–water partition coefficient (Wildman–Crippen LogP) is 2.68. The molecule has 120 valence electrons. The molecule has 2 saturated heterocycles. The van der Waals surface area contributed by atoms with Gasteiger partial charge in [0.25, 0.3) is 0 Å². The van der Waals surface area contributed by atoms with Crippen LogP contribution in [0.3, 0.4) is 0 Å². The Morgan fingerprint density at radius 3 is 2.09 bits per heavy atom. The Morgan fingerprint density at radius 2 is 1.59 bits per heavy atom. The second-order valence-corrected chi connectivity index (χ2v) is 9.25. The first-order valence-corrected chi connectivity index (χ1v) is 9.55. The van der Waals surface area contributed by atoms with Crippen molar-refractivity contribution in [3.05, 3.63) is 29.8 Å². The van der Waals surface area contributed by atoms with Crippen molar-refractivity contribution in [2.45, 2.75) is 42.6 Å². The molecule has 1 aromatic rings. The standard InChI is InChI=1S/C17H23NO3S/c1-18(2)14-8-6-12(7-9-14)17(19)13-10-15-4-3-5-16(11-13)22(15,20)21/h6-9,13,15-16H,3-5,10-11H2,1-2H3. The zero-order valence-corrected chi connectivity index (χ0v) is 14.0. The van der Waals surface area contributed by atoms with Crippen LogP contribution in [-0.2, 0) is 9.84 Å². The van der Waals surface area contributed by atoms with Crippen LogP contribution in [0.15, 0.2) is 24.3 Å². The molecule has 0 radical (unpaired) electrons. The van der Waals surface area contributed by atoms with Gasteiger partial charge in [0, 0.05) is 31.3 Å². The van der Waals surface area contributed by atoms with Gasteiger partial charge in [0.2, 0.25) is 0 Å². The number of carbonyl (C=O) groups is 1. The summed E-state index contributed by atoms with van der Waals surface area (Å²) in [4.78, 5) is 14.7. The average molecular weight is 321 g/mol. The van der Waals surface area contributed by atoms with E-state index in [1.165, 1.54) is 0 Å². The smallest absolute Gasteiger partial charge is 0.166 e. The minimum absolute atomic E-state index is 0.108. The van der Waals surface area contributed by atoms with Gasteiger partial charge in [-0.1, -0.05) is 6.42 Å². The van der Waals surface area contributed by atoms with Crippen molar-refractivity contribution in [1.82, 2.24) is 0 Å². The Morgan fingerprint density at radius 1 is 1.05 bits per heavy atom. The Labute approximate surface area is 132 Å². The zero-order valence-electron chi connectivity index (χ0n) is 13.2. The van der Waals surface area contributed by atoms with Crippen molar-refractivity contribution in [1.29, 1.82) is 0 Å². The van der Waals surface area contributed by atoms with E-state index in [-0.39, 0.29) is 22.2 Å². The van der Waals surface area contributed by atoms with Gasteiger partial charge in [-0.25, -0.2) is 8.42 Å². The number of benzene rings is 1. The Balaban J connectivity index is 1.79. The van der Waals surface area contributed by atoms with Crippen LogP contribution in [0.1, 0.15) is 42.5 Å². The predicted molar refractivity (Wildman–Crippen MR) is 88.2 cm³/mol. The summed E-state index contributed by atoms with van der Waals surface area (Å²) in [5, 5.41) is -0.593. The molecule has 0 aromatic heterocycles. The lowest BCUT2D eigenvalue weighted by atomic mass is 9.84. The first-order chi connectivity index (χ1) is 10.4. The van der Waals surface area contributed by atoms with E-state index in [1.807, 2.05) is 43.3 Å². The van der Waals surface area contributed by atoms with E-state index in [0.29, 0.717) is 18.4 Å². The molecule has 2 unspecified atom stereocenters. The largest absolute Gasteiger partial charge is 0.378 e. The normalized spacial score (nSPS) is 29.8. The third-order valence-electron chi connectivity index (χ3n) is 5.12. The zero-order chi connectivity index (χ0) is 15.9. The number of sulfone groups is 1. The Hall–Kier alpha value is -1.36. The van der Waals surface area contributed by atoms with Crippen LogP contribution >= 0.6 is 0 Å². The van der Waals surface area contributed by atoms with Crippen molar-refractivity contribution in [3.63, 3.8) is 0 Å². The van der Waals surface area contributed by atoms with Gasteiger partial charge in [0.15, 0.2) is 15.6 Å². The summed E-state index contributed by atoms with van der Waals surface area (Å²) >= 11 is 0. The molecule has 2 aliphatic heterocycles. The van der Waals surface area contributed by atoms with Crippen molar-refractivity contribution in [2.75, 3.05) is 19.0 Å². The molecule has 1 aromatic carbocycles. The van der Waals surface area contributed by atoms with E-state index in [2.05, 4.69) is 0 Å². The fourth-order valence-electron chi connectivity index (χ4n) is 3.78. The molecule has 5 heteroatoms. The number of hydrogen-bond donors (Lipinski definition) is 0. The van der Waals surface area contributed by atoms with Gasteiger partial charge >= 0.3 is 0 Å². The molecule has 0 saturated carbocycles. The van der Waals surface area contributed by atoms with Crippen molar-refractivity contribution in [3.8, 4) is 0 Å². The number of fused-ring (bicyclic) bond motifs is 2. The highest BCUT2D eigenvalue weighted by atomic mass is 32.2. The van der Waals surface area contributed by atoms with Crippen molar-refractivity contribution >= 4 is 21.3 Å². The van der Waals surface area contributed by atoms with Gasteiger partial charge in [-0.05, 0) is 49.9 Å². The monoisotopic (exact) mass is 321 g/mol. The van der Waals surface area contributed by atoms with Gasteiger partial charge in [-0.3, -0.25) is 4.79 Å². The molecule has 2 heterocycles. The van der Waals surface area contributed by atoms with Crippen LogP contribution in [0.4, 0.5) is 5.69 Å². The SMILES string of the molecule is CN(C)c1ccc(C(=O)C2CC3CCCC(C2)S3(=O)=O)cc1. The lowest BCUT2D eigenvalue weighted by molar-refractivity contribution is 0.0894. The van der Waals surface area contributed by atoms with Gasteiger partial charge in [-0.2, -0.15) is 0 Å². The molecule has 0 amide bonds. The highest BCUT2D eigenvalue weighted by Gasteiger charge is 2.45. The first-order valence-electron chi connectivity index (χ1n) is 7.94. The number of nitrogens with zero attached hydrogens (tertiary/aromatic N) is 1. The number of carbonyl (C=O) groups excluding carboxylic acids is 1. The number of anilines is 1. The summed E-state index contributed by atoms with van der Waals surface area (Å²) in [5.41, 5.74) is 1.76. The fraction of sp³-hybridized carbons (Fsp3) is 0.588. The minimum atomic E-state index is -2.99. The molecule has 4 nitrogen and oxygen atoms in total. The summed E-state index contributed by atoms with van der Waals surface area (Å²) in [5.74, 6) is -0.0267. The third-order valence-corrected chi connectivity index (χ3v) is 7.83. The van der Waals surface area contributed by atoms with Gasteiger partial charge in [0.1, 0.15) is 0 Å². The average Bonchev–Trinajstić information content (AvgIpc) is 2.45. The Kier molecular flexibility index (Phi) is 4.02. The number of Topliss-reactive ketones (excluding diaryl/α,β-unsaturated/α-hetero) is 1. The number of hydrogen-bond acceptors (Lipinski definition) is 4. The van der Waals surface area contributed by atoms with E-state index < -0.39 is 9.84 Å². The molecule has 22 heavy (non-hydrogen) atoms. The molecule has 0 spiro atoms. The van der Waals surface area contributed by atoms with Crippen LogP contribution in [-0.4, -0.2) is 38.8 Å². The van der Waals surface area contributed by atoms with E-state index >= 15 is 0 Å². The summed E-state index contributed by atoms with van der Waals surface area (Å²) < 4.78 is 24.6. The molecule has 2 aliphatic rings. The molecule has 2 atom stereocenters. The molecule has 3 rings (SSSR count). The van der Waals surface area contributed by atoms with E-state index in [4.69, 9.17) is 0 Å². The van der Waals surface area contributed by atoms with Crippen LogP contribution in [0.2, 0.25) is 0 Å². The maximum absolute atomic E-state index is 12.7. The molecule has 2 bridgehead atoms. The second-order valence-electron chi connectivity index (χ2n) is 6.74. The van der Waals surface area contributed by atoms with Crippen LogP contribution in [0, 0.1) is 5.92 Å². The summed E-state index contributed by atoms with van der Waals surface area (Å²) in [7, 11) is 0.934. The Bertz CT molecular complexity index is 644. The molecular formula is C17H23NO3S. The highest BCUT2D eigenvalue weighted by Crippen LogP contribution is 2.40. The van der Waals surface area contributed by atoms with Gasteiger partial charge < -0.3 is 4.90 Å². The molecule has 0 aliphatic carbocycles. The van der Waals surface area contributed by atoms with Gasteiger partial charge in [-0.15, -0.1) is 0 Å². The highest BCUT2D eigenvalue weighted by molar-refractivity contribution is 7.92. The fourth-order valence-corrected chi connectivity index (χ4v) is 6.32. The summed E-state index contributed by atoms with van der Waals surface area (Å²) in [6.07, 6.45) is 3.44. The third kappa shape index (κ3) is 2.67. The summed E-state index contributed by atoms with van der Waals surface area (Å²) in [6.45, 7) is 0. The molecule has 2 fully saturated rings. The maximum Gasteiger partial charge on any atom is 0.166 e.